The molecule has 0 amide bonds. The molecule has 5 nitrogen and oxygen atoms in total. The minimum Gasteiger partial charge on any atom is -0.465 e. The van der Waals surface area contributed by atoms with Gasteiger partial charge in [-0.05, 0) is 55.4 Å². The van der Waals surface area contributed by atoms with Crippen LogP contribution in [0.1, 0.15) is 62.9 Å². The van der Waals surface area contributed by atoms with Gasteiger partial charge in [0.05, 0.1) is 36.7 Å². The number of rotatable bonds is 12. The van der Waals surface area contributed by atoms with Crippen molar-refractivity contribution in [1.82, 2.24) is 4.90 Å². The third-order valence-electron chi connectivity index (χ3n) is 7.23. The molecular weight excluding hydrogens is 516 g/mol. The van der Waals surface area contributed by atoms with Crippen LogP contribution >= 0.6 is 11.8 Å². The lowest BCUT2D eigenvalue weighted by Gasteiger charge is -2.35. The lowest BCUT2D eigenvalue weighted by Crippen LogP contribution is -2.43. The summed E-state index contributed by atoms with van der Waals surface area (Å²) in [6.45, 7) is 8.50. The number of esters is 1. The first-order chi connectivity index (χ1) is 18.7. The molecule has 0 spiro atoms. The number of methoxy groups -OCH3 is 1. The number of alkyl halides is 2. The average molecular weight is 558 g/mol. The molecule has 1 fully saturated rings. The summed E-state index contributed by atoms with van der Waals surface area (Å²) in [6.07, 6.45) is 6.41. The molecular formula is C31H41F2N3O2S. The lowest BCUT2D eigenvalue weighted by molar-refractivity contribution is 0.0600. The van der Waals surface area contributed by atoms with Crippen LogP contribution in [0.15, 0.2) is 69.2 Å². The average Bonchev–Trinajstić information content (AvgIpc) is 3.28. The summed E-state index contributed by atoms with van der Waals surface area (Å²) >= 11 is 1.72. The van der Waals surface area contributed by atoms with Crippen molar-refractivity contribution in [2.75, 3.05) is 27.2 Å². The van der Waals surface area contributed by atoms with Crippen LogP contribution in [0.3, 0.4) is 0 Å². The number of aliphatic imine (C=N–C) groups is 2. The Morgan fingerprint density at radius 1 is 1.31 bits per heavy atom. The van der Waals surface area contributed by atoms with Crippen molar-refractivity contribution < 1.29 is 18.3 Å². The summed E-state index contributed by atoms with van der Waals surface area (Å²) in [5.74, 6) is 0.837. The van der Waals surface area contributed by atoms with E-state index in [0.717, 1.165) is 29.1 Å². The van der Waals surface area contributed by atoms with Crippen molar-refractivity contribution in [3.8, 4) is 0 Å². The van der Waals surface area contributed by atoms with E-state index < -0.39 is 17.8 Å². The molecule has 1 aromatic carbocycles. The van der Waals surface area contributed by atoms with Crippen LogP contribution in [-0.2, 0) is 11.2 Å². The van der Waals surface area contributed by atoms with Crippen molar-refractivity contribution in [3.05, 3.63) is 70.3 Å². The van der Waals surface area contributed by atoms with Crippen molar-refractivity contribution in [3.63, 3.8) is 0 Å². The normalized spacial score (nSPS) is 22.3. The Morgan fingerprint density at radius 2 is 2.03 bits per heavy atom. The van der Waals surface area contributed by atoms with Crippen LogP contribution in [0.25, 0.3) is 0 Å². The topological polar surface area (TPSA) is 54.3 Å². The Hall–Kier alpha value is -2.74. The smallest absolute Gasteiger partial charge is 0.337 e. The standard InChI is InChI=1S/C31H41F2N3O2S/c1-7-16-39-28(21(3)8-2)29-35-19-25(26(34-5)11-9-10-22(4)32)27-18-31(33,20-36(27)29)17-23-12-14-24(15-13-23)30(37)38-6/h7,9,11-16,21-22,28H,8,10,17-20H2,1-6H3/b11-9-,16-7-,34-26?. The minimum atomic E-state index is -1.53. The van der Waals surface area contributed by atoms with Crippen LogP contribution < -0.4 is 0 Å². The molecule has 0 bridgehead atoms. The molecule has 0 aliphatic carbocycles. The number of hydrogen-bond acceptors (Lipinski definition) is 6. The number of thioether (sulfide) groups is 1. The van der Waals surface area contributed by atoms with Gasteiger partial charge in [0.2, 0.25) is 0 Å². The Bertz CT molecular complexity index is 1160. The highest BCUT2D eigenvalue weighted by atomic mass is 32.2. The molecule has 0 saturated carbocycles. The van der Waals surface area contributed by atoms with Crippen molar-refractivity contribution in [1.29, 1.82) is 0 Å². The van der Waals surface area contributed by atoms with E-state index in [1.54, 1.807) is 49.2 Å². The number of benzene rings is 1. The minimum absolute atomic E-state index is 0.0920. The van der Waals surface area contributed by atoms with Crippen LogP contribution in [0.5, 0.6) is 0 Å². The maximum absolute atomic E-state index is 16.7. The zero-order chi connectivity index (χ0) is 28.6. The van der Waals surface area contributed by atoms with Crippen LogP contribution in [0.2, 0.25) is 0 Å². The Labute approximate surface area is 236 Å². The molecule has 0 radical (unpaired) electrons. The summed E-state index contributed by atoms with van der Waals surface area (Å²) in [5.41, 5.74) is 2.23. The summed E-state index contributed by atoms with van der Waals surface area (Å²) in [4.78, 5) is 23.4. The van der Waals surface area contributed by atoms with E-state index in [-0.39, 0.29) is 24.6 Å². The summed E-state index contributed by atoms with van der Waals surface area (Å²) in [6, 6.07) is 6.93. The maximum Gasteiger partial charge on any atom is 0.337 e. The molecule has 8 heteroatoms. The van der Waals surface area contributed by atoms with Gasteiger partial charge in [0.25, 0.3) is 0 Å². The second kappa shape index (κ2) is 14.1. The first kappa shape index (κ1) is 30.8. The van der Waals surface area contributed by atoms with Gasteiger partial charge in [-0.2, -0.15) is 0 Å². The third-order valence-corrected chi connectivity index (χ3v) is 8.63. The SMILES string of the molecule is C/C=C\SC(C1=NCC(C(/C=C\CC(C)F)=NC)=C2CC(F)(Cc3ccc(C(=O)OC)cc3)CN12)C(C)CC. The molecule has 2 aliphatic heterocycles. The fourth-order valence-electron chi connectivity index (χ4n) is 4.99. The predicted molar refractivity (Wildman–Crippen MR) is 159 cm³/mol. The van der Waals surface area contributed by atoms with E-state index in [4.69, 9.17) is 9.73 Å². The Balaban J connectivity index is 1.99. The van der Waals surface area contributed by atoms with Gasteiger partial charge in [0.1, 0.15) is 17.7 Å². The summed E-state index contributed by atoms with van der Waals surface area (Å²) in [7, 11) is 3.05. The van der Waals surface area contributed by atoms with Crippen molar-refractivity contribution in [2.24, 2.45) is 15.9 Å². The van der Waals surface area contributed by atoms with Gasteiger partial charge in [0, 0.05) is 31.2 Å². The number of allylic oxidation sites excluding steroid dienone is 4. The van der Waals surface area contributed by atoms with Gasteiger partial charge in [-0.15, -0.1) is 11.8 Å². The van der Waals surface area contributed by atoms with E-state index >= 15 is 4.39 Å². The van der Waals surface area contributed by atoms with E-state index in [2.05, 4.69) is 29.1 Å². The molecule has 2 heterocycles. The van der Waals surface area contributed by atoms with Gasteiger partial charge in [-0.1, -0.05) is 44.6 Å². The maximum atomic E-state index is 16.7. The number of fused-ring (bicyclic) bond motifs is 1. The Kier molecular flexibility index (Phi) is 11.1. The van der Waals surface area contributed by atoms with Crippen LogP contribution in [0.4, 0.5) is 8.78 Å². The highest BCUT2D eigenvalue weighted by molar-refractivity contribution is 8.03. The highest BCUT2D eigenvalue weighted by Gasteiger charge is 2.47. The lowest BCUT2D eigenvalue weighted by atomic mass is 9.92. The largest absolute Gasteiger partial charge is 0.465 e. The number of amidine groups is 1. The molecule has 3 rings (SSSR count). The summed E-state index contributed by atoms with van der Waals surface area (Å²) in [5, 5.41) is 2.18. The van der Waals surface area contributed by atoms with Crippen LogP contribution in [0, 0.1) is 5.92 Å². The number of ether oxygens (including phenoxy) is 1. The van der Waals surface area contributed by atoms with Crippen LogP contribution in [-0.4, -0.2) is 66.8 Å². The molecule has 1 aromatic rings. The van der Waals surface area contributed by atoms with Crippen molar-refractivity contribution >= 4 is 29.3 Å². The summed E-state index contributed by atoms with van der Waals surface area (Å²) < 4.78 is 35.0. The zero-order valence-electron chi connectivity index (χ0n) is 23.9. The Morgan fingerprint density at radius 3 is 2.62 bits per heavy atom. The quantitative estimate of drug-likeness (QED) is 0.202. The van der Waals surface area contributed by atoms with Gasteiger partial charge < -0.3 is 9.64 Å². The molecule has 212 valence electrons. The van der Waals surface area contributed by atoms with Gasteiger partial charge in [-0.3, -0.25) is 9.98 Å². The first-order valence-electron chi connectivity index (χ1n) is 13.6. The second-order valence-electron chi connectivity index (χ2n) is 10.3. The first-order valence-corrected chi connectivity index (χ1v) is 14.5. The number of hydrogen-bond donors (Lipinski definition) is 0. The molecule has 0 aromatic heterocycles. The number of carbonyl (C=O) groups is 1. The van der Waals surface area contributed by atoms with E-state index in [1.165, 1.54) is 14.0 Å². The van der Waals surface area contributed by atoms with Crippen molar-refractivity contribution in [2.45, 2.75) is 70.5 Å². The fraction of sp³-hybridized carbons (Fsp3) is 0.516. The molecule has 1 saturated heterocycles. The molecule has 4 atom stereocenters. The second-order valence-corrected chi connectivity index (χ2v) is 11.4. The highest BCUT2D eigenvalue weighted by Crippen LogP contribution is 2.42. The van der Waals surface area contributed by atoms with Gasteiger partial charge >= 0.3 is 5.97 Å². The van der Waals surface area contributed by atoms with E-state index in [9.17, 15) is 9.18 Å². The molecule has 2 aliphatic rings. The predicted octanol–water partition coefficient (Wildman–Crippen LogP) is 7.15. The molecule has 0 N–H and O–H groups in total. The fourth-order valence-corrected chi connectivity index (χ4v) is 6.10. The third kappa shape index (κ3) is 7.68. The zero-order valence-corrected chi connectivity index (χ0v) is 24.7. The van der Waals surface area contributed by atoms with E-state index in [0.29, 0.717) is 30.2 Å². The van der Waals surface area contributed by atoms with Gasteiger partial charge in [-0.25, -0.2) is 13.6 Å². The van der Waals surface area contributed by atoms with E-state index in [1.807, 2.05) is 19.1 Å². The molecule has 39 heavy (non-hydrogen) atoms. The van der Waals surface area contributed by atoms with Gasteiger partial charge in [0.15, 0.2) is 0 Å². The molecule has 4 unspecified atom stereocenters. The number of halogens is 2. The number of nitrogens with zero attached hydrogens (tertiary/aromatic N) is 3. The number of carbonyl (C=O) groups excluding carboxylic acids is 1. The monoisotopic (exact) mass is 557 g/mol.